The van der Waals surface area contributed by atoms with Gasteiger partial charge in [0.15, 0.2) is 0 Å². The molecule has 2 nitrogen and oxygen atoms in total. The van der Waals surface area contributed by atoms with Gasteiger partial charge >= 0.3 is 0 Å². The maximum Gasteiger partial charge on any atom is 0.126 e. The summed E-state index contributed by atoms with van der Waals surface area (Å²) in [6.45, 7) is 9.99. The molecule has 108 valence electrons. The highest BCUT2D eigenvalue weighted by atomic mass is 19.1. The molecule has 0 aliphatic rings. The van der Waals surface area contributed by atoms with Gasteiger partial charge in [-0.25, -0.2) is 8.78 Å². The number of hydrogen-bond acceptors (Lipinski definition) is 1. The third-order valence-electron chi connectivity index (χ3n) is 3.50. The van der Waals surface area contributed by atoms with Gasteiger partial charge in [0, 0.05) is 17.7 Å². The summed E-state index contributed by atoms with van der Waals surface area (Å²) in [7, 11) is 0. The zero-order valence-electron chi connectivity index (χ0n) is 12.5. The van der Waals surface area contributed by atoms with Crippen LogP contribution < -0.4 is 0 Å². The van der Waals surface area contributed by atoms with Crippen molar-refractivity contribution in [3.63, 3.8) is 0 Å². The topological polar surface area (TPSA) is 17.8 Å². The molecule has 0 atom stereocenters. The van der Waals surface area contributed by atoms with E-state index in [9.17, 15) is 8.78 Å². The van der Waals surface area contributed by atoms with Crippen molar-refractivity contribution in [3.05, 3.63) is 53.4 Å². The second kappa shape index (κ2) is 4.69. The second-order valence-electron chi connectivity index (χ2n) is 6.60. The largest absolute Gasteiger partial charge is 0.267 e. The van der Waals surface area contributed by atoms with Gasteiger partial charge in [-0.05, 0) is 44.5 Å². The molecule has 2 rings (SSSR count). The third-order valence-corrected chi connectivity index (χ3v) is 3.50. The lowest BCUT2D eigenvalue weighted by atomic mass is 9.81. The van der Waals surface area contributed by atoms with Crippen molar-refractivity contribution in [1.29, 1.82) is 0 Å². The maximum absolute atomic E-state index is 13.4. The molecule has 2 aromatic rings. The van der Waals surface area contributed by atoms with Crippen molar-refractivity contribution in [1.82, 2.24) is 9.78 Å². The zero-order valence-corrected chi connectivity index (χ0v) is 12.5. The lowest BCUT2D eigenvalue weighted by Gasteiger charge is -2.24. The van der Waals surface area contributed by atoms with Crippen molar-refractivity contribution in [2.75, 3.05) is 0 Å². The van der Waals surface area contributed by atoms with Crippen LogP contribution in [0, 0.1) is 11.6 Å². The summed E-state index contributed by atoms with van der Waals surface area (Å²) in [5.74, 6) is -1.13. The number of aromatic nitrogens is 2. The van der Waals surface area contributed by atoms with Gasteiger partial charge in [0.1, 0.15) is 11.6 Å². The van der Waals surface area contributed by atoms with E-state index in [0.717, 1.165) is 11.8 Å². The Morgan fingerprint density at radius 3 is 1.95 bits per heavy atom. The average molecular weight is 278 g/mol. The van der Waals surface area contributed by atoms with E-state index in [1.165, 1.54) is 12.1 Å². The number of rotatable bonds is 2. The van der Waals surface area contributed by atoms with Crippen LogP contribution in [0.25, 0.3) is 0 Å². The molecule has 0 bridgehead atoms. The summed E-state index contributed by atoms with van der Waals surface area (Å²) < 4.78 is 28.7. The fourth-order valence-corrected chi connectivity index (χ4v) is 2.09. The van der Waals surface area contributed by atoms with E-state index in [-0.39, 0.29) is 5.54 Å². The van der Waals surface area contributed by atoms with Crippen molar-refractivity contribution in [3.8, 4) is 0 Å². The molecule has 1 aromatic carbocycles. The minimum absolute atomic E-state index is 0.123. The Morgan fingerprint density at radius 2 is 1.50 bits per heavy atom. The number of nitrogens with zero attached hydrogens (tertiary/aromatic N) is 2. The minimum atomic E-state index is -0.566. The Hall–Kier alpha value is -1.71. The standard InChI is InChI=1S/C16H20F2N2/c1-15(2,3)20-7-6-14(19-20)16(4,5)11-8-12(17)10-13(18)9-11/h6-10H,1-5H3. The highest BCUT2D eigenvalue weighted by Gasteiger charge is 2.28. The molecule has 0 saturated carbocycles. The Bertz CT molecular complexity index is 601. The Morgan fingerprint density at radius 1 is 0.950 bits per heavy atom. The minimum Gasteiger partial charge on any atom is -0.267 e. The molecule has 0 aliphatic carbocycles. The predicted octanol–water partition coefficient (Wildman–Crippen LogP) is 4.24. The van der Waals surface area contributed by atoms with Gasteiger partial charge in [0.2, 0.25) is 0 Å². The van der Waals surface area contributed by atoms with Gasteiger partial charge in [-0.2, -0.15) is 5.10 Å². The SMILES string of the molecule is CC(C)(c1cc(F)cc(F)c1)c1ccn(C(C)(C)C)n1. The third kappa shape index (κ3) is 2.74. The van der Waals surface area contributed by atoms with Gasteiger partial charge in [0.05, 0.1) is 11.2 Å². The summed E-state index contributed by atoms with van der Waals surface area (Å²) in [4.78, 5) is 0. The first-order chi connectivity index (χ1) is 9.10. The first kappa shape index (κ1) is 14.7. The van der Waals surface area contributed by atoms with Gasteiger partial charge < -0.3 is 0 Å². The van der Waals surface area contributed by atoms with Crippen molar-refractivity contribution < 1.29 is 8.78 Å². The maximum atomic E-state index is 13.4. The Balaban J connectivity index is 2.46. The predicted molar refractivity (Wildman–Crippen MR) is 75.7 cm³/mol. The van der Waals surface area contributed by atoms with E-state index in [2.05, 4.69) is 25.9 Å². The van der Waals surface area contributed by atoms with Gasteiger partial charge in [0.25, 0.3) is 0 Å². The molecule has 0 aliphatic heterocycles. The second-order valence-corrected chi connectivity index (χ2v) is 6.60. The monoisotopic (exact) mass is 278 g/mol. The molecule has 0 saturated heterocycles. The molecule has 0 radical (unpaired) electrons. The fourth-order valence-electron chi connectivity index (χ4n) is 2.09. The van der Waals surface area contributed by atoms with Crippen LogP contribution in [0.15, 0.2) is 30.5 Å². The molecule has 0 spiro atoms. The van der Waals surface area contributed by atoms with Crippen LogP contribution in [0.3, 0.4) is 0 Å². The molecule has 0 unspecified atom stereocenters. The van der Waals surface area contributed by atoms with Crippen molar-refractivity contribution in [2.45, 2.75) is 45.6 Å². The molecular weight excluding hydrogens is 258 g/mol. The quantitative estimate of drug-likeness (QED) is 0.803. The molecule has 0 amide bonds. The smallest absolute Gasteiger partial charge is 0.126 e. The van der Waals surface area contributed by atoms with Crippen LogP contribution >= 0.6 is 0 Å². The van der Waals surface area contributed by atoms with Crippen molar-refractivity contribution in [2.24, 2.45) is 0 Å². The summed E-state index contributed by atoms with van der Waals surface area (Å²) in [5, 5.41) is 4.56. The summed E-state index contributed by atoms with van der Waals surface area (Å²) >= 11 is 0. The summed E-state index contributed by atoms with van der Waals surface area (Å²) in [5.41, 5.74) is 0.688. The van der Waals surface area contributed by atoms with E-state index >= 15 is 0 Å². The van der Waals surface area contributed by atoms with Crippen LogP contribution in [-0.4, -0.2) is 9.78 Å². The van der Waals surface area contributed by atoms with Crippen LogP contribution in [0.2, 0.25) is 0 Å². The first-order valence-corrected chi connectivity index (χ1v) is 6.64. The lowest BCUT2D eigenvalue weighted by molar-refractivity contribution is 0.349. The number of hydrogen-bond donors (Lipinski definition) is 0. The molecule has 0 N–H and O–H groups in total. The van der Waals surface area contributed by atoms with Crippen LogP contribution in [0.4, 0.5) is 8.78 Å². The number of benzene rings is 1. The van der Waals surface area contributed by atoms with Crippen molar-refractivity contribution >= 4 is 0 Å². The lowest BCUT2D eigenvalue weighted by Crippen LogP contribution is -2.25. The van der Waals surface area contributed by atoms with E-state index in [1.54, 1.807) is 0 Å². The van der Waals surface area contributed by atoms with E-state index < -0.39 is 17.0 Å². The normalized spacial score (nSPS) is 12.8. The molecule has 0 fully saturated rings. The molecular formula is C16H20F2N2. The molecule has 4 heteroatoms. The molecule has 1 aromatic heterocycles. The van der Waals surface area contributed by atoms with E-state index in [4.69, 9.17) is 0 Å². The highest BCUT2D eigenvalue weighted by molar-refractivity contribution is 5.34. The zero-order chi connectivity index (χ0) is 15.1. The first-order valence-electron chi connectivity index (χ1n) is 6.64. The molecule has 1 heterocycles. The Kier molecular flexibility index (Phi) is 3.44. The fraction of sp³-hybridized carbons (Fsp3) is 0.438. The van der Waals surface area contributed by atoms with Crippen LogP contribution in [0.5, 0.6) is 0 Å². The molecule has 20 heavy (non-hydrogen) atoms. The van der Waals surface area contributed by atoms with Crippen LogP contribution in [0.1, 0.15) is 45.9 Å². The van der Waals surface area contributed by atoms with Gasteiger partial charge in [-0.1, -0.05) is 13.8 Å². The Labute approximate surface area is 118 Å². The van der Waals surface area contributed by atoms with E-state index in [0.29, 0.717) is 5.56 Å². The highest BCUT2D eigenvalue weighted by Crippen LogP contribution is 2.31. The van der Waals surface area contributed by atoms with Gasteiger partial charge in [-0.15, -0.1) is 0 Å². The van der Waals surface area contributed by atoms with E-state index in [1.807, 2.05) is 30.8 Å². The van der Waals surface area contributed by atoms with Gasteiger partial charge in [-0.3, -0.25) is 4.68 Å². The number of halogens is 2. The summed E-state index contributed by atoms with van der Waals surface area (Å²) in [6.07, 6.45) is 1.90. The average Bonchev–Trinajstić information content (AvgIpc) is 2.76. The van der Waals surface area contributed by atoms with Crippen LogP contribution in [-0.2, 0) is 11.0 Å². The summed E-state index contributed by atoms with van der Waals surface area (Å²) in [6, 6.07) is 5.50.